The molecule has 1 aromatic rings. The van der Waals surface area contributed by atoms with Gasteiger partial charge >= 0.3 is 5.97 Å². The number of anilines is 1. The third-order valence-corrected chi connectivity index (χ3v) is 7.31. The van der Waals surface area contributed by atoms with Crippen molar-refractivity contribution >= 4 is 33.5 Å². The molecule has 4 bridgehead atoms. The summed E-state index contributed by atoms with van der Waals surface area (Å²) in [6, 6.07) is 5.56. The standard InChI is InChI=1S/C21H26BrNO4/c1-13-3-4-17(26-2)16(5-13)23-18(24)11-27-19(25)20-7-14-6-15(8-20)10-21(22,9-14)12-20/h3-5,14-15H,6-12H2,1-2H3,(H,23,24)/t14-,15+,20?,21?. The van der Waals surface area contributed by atoms with E-state index in [4.69, 9.17) is 9.47 Å². The predicted octanol–water partition coefficient (Wildman–Crippen LogP) is 4.22. The summed E-state index contributed by atoms with van der Waals surface area (Å²) in [7, 11) is 1.56. The molecule has 5 nitrogen and oxygen atoms in total. The van der Waals surface area contributed by atoms with Crippen LogP contribution >= 0.6 is 15.9 Å². The number of aryl methyl sites for hydroxylation is 1. The number of alkyl halides is 1. The minimum Gasteiger partial charge on any atom is -0.495 e. The summed E-state index contributed by atoms with van der Waals surface area (Å²) >= 11 is 3.91. The number of methoxy groups -OCH3 is 1. The second-order valence-electron chi connectivity index (χ2n) is 8.72. The van der Waals surface area contributed by atoms with Gasteiger partial charge in [-0.1, -0.05) is 22.0 Å². The van der Waals surface area contributed by atoms with Crippen LogP contribution in [0.4, 0.5) is 5.69 Å². The average Bonchev–Trinajstić information content (AvgIpc) is 2.57. The van der Waals surface area contributed by atoms with Crippen LogP contribution in [0.1, 0.15) is 44.1 Å². The lowest BCUT2D eigenvalue weighted by atomic mass is 9.49. The molecule has 1 amide bonds. The molecule has 0 aromatic heterocycles. The molecular weight excluding hydrogens is 410 g/mol. The average molecular weight is 436 g/mol. The predicted molar refractivity (Wildman–Crippen MR) is 106 cm³/mol. The van der Waals surface area contributed by atoms with Gasteiger partial charge in [0.25, 0.3) is 5.91 Å². The highest BCUT2D eigenvalue weighted by atomic mass is 79.9. The summed E-state index contributed by atoms with van der Waals surface area (Å²) in [5, 5.41) is 2.79. The molecule has 4 saturated carbocycles. The Balaban J connectivity index is 1.38. The van der Waals surface area contributed by atoms with Crippen molar-refractivity contribution in [3.63, 3.8) is 0 Å². The number of carbonyl (C=O) groups is 2. The summed E-state index contributed by atoms with van der Waals surface area (Å²) in [5.41, 5.74) is 1.20. The van der Waals surface area contributed by atoms with Crippen molar-refractivity contribution in [2.45, 2.75) is 49.8 Å². The van der Waals surface area contributed by atoms with Crippen LogP contribution in [0, 0.1) is 24.2 Å². The van der Waals surface area contributed by atoms with E-state index in [9.17, 15) is 9.59 Å². The maximum absolute atomic E-state index is 12.9. The molecular formula is C21H26BrNO4. The molecule has 6 heteroatoms. The van der Waals surface area contributed by atoms with E-state index in [-0.39, 0.29) is 22.8 Å². The Hall–Kier alpha value is -1.56. The first-order valence-electron chi connectivity index (χ1n) is 9.61. The lowest BCUT2D eigenvalue weighted by molar-refractivity contribution is -0.170. The fourth-order valence-electron chi connectivity index (χ4n) is 5.78. The van der Waals surface area contributed by atoms with Crippen molar-refractivity contribution in [2.24, 2.45) is 17.3 Å². The highest BCUT2D eigenvalue weighted by molar-refractivity contribution is 9.10. The molecule has 1 N–H and O–H groups in total. The zero-order chi connectivity index (χ0) is 19.2. The van der Waals surface area contributed by atoms with Crippen molar-refractivity contribution in [3.8, 4) is 5.75 Å². The molecule has 4 aliphatic carbocycles. The van der Waals surface area contributed by atoms with Crippen LogP contribution in [0.5, 0.6) is 5.75 Å². The Bertz CT molecular complexity index is 763. The van der Waals surface area contributed by atoms with Gasteiger partial charge in [-0.2, -0.15) is 0 Å². The van der Waals surface area contributed by atoms with Gasteiger partial charge in [-0.3, -0.25) is 9.59 Å². The largest absolute Gasteiger partial charge is 0.495 e. The summed E-state index contributed by atoms with van der Waals surface area (Å²) in [4.78, 5) is 25.3. The summed E-state index contributed by atoms with van der Waals surface area (Å²) < 4.78 is 10.9. The molecule has 146 valence electrons. The van der Waals surface area contributed by atoms with E-state index in [1.807, 2.05) is 25.1 Å². The second kappa shape index (κ2) is 6.80. The topological polar surface area (TPSA) is 64.6 Å². The number of esters is 1. The van der Waals surface area contributed by atoms with Gasteiger partial charge in [0, 0.05) is 4.32 Å². The van der Waals surface area contributed by atoms with Gasteiger partial charge in [0.05, 0.1) is 18.2 Å². The van der Waals surface area contributed by atoms with E-state index < -0.39 is 5.41 Å². The van der Waals surface area contributed by atoms with Crippen LogP contribution < -0.4 is 10.1 Å². The third-order valence-electron chi connectivity index (χ3n) is 6.39. The van der Waals surface area contributed by atoms with Crippen molar-refractivity contribution < 1.29 is 19.1 Å². The number of amides is 1. The van der Waals surface area contributed by atoms with Gasteiger partial charge in [0.1, 0.15) is 5.75 Å². The molecule has 0 radical (unpaired) electrons. The van der Waals surface area contributed by atoms with Gasteiger partial charge in [-0.15, -0.1) is 0 Å². The van der Waals surface area contributed by atoms with E-state index in [2.05, 4.69) is 21.2 Å². The van der Waals surface area contributed by atoms with E-state index in [0.29, 0.717) is 23.3 Å². The van der Waals surface area contributed by atoms with E-state index in [1.54, 1.807) is 7.11 Å². The fraction of sp³-hybridized carbons (Fsp3) is 0.619. The minimum atomic E-state index is -0.408. The summed E-state index contributed by atoms with van der Waals surface area (Å²) in [6.45, 7) is 1.68. The van der Waals surface area contributed by atoms with Gasteiger partial charge in [-0.05, 0) is 75.0 Å². The number of halogens is 1. The molecule has 0 aliphatic heterocycles. The molecule has 27 heavy (non-hydrogen) atoms. The minimum absolute atomic E-state index is 0.0906. The van der Waals surface area contributed by atoms with Gasteiger partial charge < -0.3 is 14.8 Å². The van der Waals surface area contributed by atoms with Crippen molar-refractivity contribution in [3.05, 3.63) is 23.8 Å². The molecule has 1 aromatic carbocycles. The lowest BCUT2D eigenvalue weighted by Gasteiger charge is -2.58. The highest BCUT2D eigenvalue weighted by Gasteiger charge is 2.60. The van der Waals surface area contributed by atoms with Gasteiger partial charge in [0.15, 0.2) is 6.61 Å². The first-order valence-corrected chi connectivity index (χ1v) is 10.4. The van der Waals surface area contributed by atoms with E-state index in [0.717, 1.165) is 37.7 Å². The number of nitrogens with one attached hydrogen (secondary N) is 1. The zero-order valence-corrected chi connectivity index (χ0v) is 17.4. The molecule has 0 heterocycles. The molecule has 4 fully saturated rings. The zero-order valence-electron chi connectivity index (χ0n) is 15.8. The van der Waals surface area contributed by atoms with E-state index >= 15 is 0 Å². The van der Waals surface area contributed by atoms with E-state index in [1.165, 1.54) is 6.42 Å². The Morgan fingerprint density at radius 3 is 2.56 bits per heavy atom. The molecule has 0 saturated heterocycles. The highest BCUT2D eigenvalue weighted by Crippen LogP contribution is 2.64. The number of hydrogen-bond acceptors (Lipinski definition) is 4. The third kappa shape index (κ3) is 3.60. The van der Waals surface area contributed by atoms with Crippen LogP contribution in [-0.4, -0.2) is 29.9 Å². The summed E-state index contributed by atoms with van der Waals surface area (Å²) in [6.07, 6.45) is 6.19. The SMILES string of the molecule is COc1ccc(C)cc1NC(=O)COC(=O)C12C[C@@H]3C[C@@H](CC(Br)(C3)C1)C2. The monoisotopic (exact) mass is 435 g/mol. The molecule has 4 aliphatic rings. The Kier molecular flexibility index (Phi) is 4.73. The van der Waals surface area contributed by atoms with Crippen LogP contribution in [0.25, 0.3) is 0 Å². The van der Waals surface area contributed by atoms with Crippen molar-refractivity contribution in [2.75, 3.05) is 19.0 Å². The molecule has 0 spiro atoms. The van der Waals surface area contributed by atoms with Crippen molar-refractivity contribution in [1.82, 2.24) is 0 Å². The van der Waals surface area contributed by atoms with Crippen LogP contribution in [0.2, 0.25) is 0 Å². The molecule has 4 atom stereocenters. The maximum Gasteiger partial charge on any atom is 0.312 e. The fourth-order valence-corrected chi connectivity index (χ4v) is 7.23. The maximum atomic E-state index is 12.9. The summed E-state index contributed by atoms with van der Waals surface area (Å²) in [5.74, 6) is 1.24. The normalized spacial score (nSPS) is 33.6. The van der Waals surface area contributed by atoms with Crippen LogP contribution in [-0.2, 0) is 14.3 Å². The number of carbonyl (C=O) groups excluding carboxylic acids is 2. The molecule has 2 unspecified atom stereocenters. The number of ether oxygens (including phenoxy) is 2. The Labute approximate surface area is 168 Å². The van der Waals surface area contributed by atoms with Gasteiger partial charge in [0.2, 0.25) is 0 Å². The number of hydrogen-bond donors (Lipinski definition) is 1. The smallest absolute Gasteiger partial charge is 0.312 e. The second-order valence-corrected chi connectivity index (χ2v) is 10.4. The Morgan fingerprint density at radius 1 is 1.22 bits per heavy atom. The first-order chi connectivity index (χ1) is 12.8. The number of benzene rings is 1. The molecule has 5 rings (SSSR count). The number of rotatable bonds is 5. The van der Waals surface area contributed by atoms with Crippen LogP contribution in [0.3, 0.4) is 0 Å². The lowest BCUT2D eigenvalue weighted by Crippen LogP contribution is -2.56. The Morgan fingerprint density at radius 2 is 1.93 bits per heavy atom. The van der Waals surface area contributed by atoms with Gasteiger partial charge in [-0.25, -0.2) is 0 Å². The van der Waals surface area contributed by atoms with Crippen LogP contribution in [0.15, 0.2) is 18.2 Å². The van der Waals surface area contributed by atoms with Crippen molar-refractivity contribution in [1.29, 1.82) is 0 Å². The quantitative estimate of drug-likeness (QED) is 0.555. The first kappa shape index (κ1) is 18.8.